The van der Waals surface area contributed by atoms with Crippen molar-refractivity contribution in [2.45, 2.75) is 68.6 Å². The van der Waals surface area contributed by atoms with Gasteiger partial charge in [0.05, 0.1) is 30.6 Å². The second-order valence-corrected chi connectivity index (χ2v) is 12.9. The van der Waals surface area contributed by atoms with Crippen molar-refractivity contribution in [2.24, 2.45) is 17.8 Å². The molecule has 0 saturated carbocycles. The Morgan fingerprint density at radius 1 is 1.22 bits per heavy atom. The Morgan fingerprint density at radius 2 is 1.88 bits per heavy atom. The first-order valence-corrected chi connectivity index (χ1v) is 15.7. The quantitative estimate of drug-likeness (QED) is 0.252. The highest BCUT2D eigenvalue weighted by molar-refractivity contribution is 9.09. The second kappa shape index (κ2) is 13.0. The molecule has 8 atom stereocenters. The zero-order valence-corrected chi connectivity index (χ0v) is 26.4. The Labute approximate surface area is 256 Å². The number of benzene rings is 1. The lowest BCUT2D eigenvalue weighted by Gasteiger charge is -2.41. The summed E-state index contributed by atoms with van der Waals surface area (Å²) in [5, 5.41) is 11.1. The number of aliphatic hydroxyl groups is 1. The smallest absolute Gasteiger partial charge is 0.253 e. The fourth-order valence-corrected chi connectivity index (χ4v) is 8.02. The van der Waals surface area contributed by atoms with Gasteiger partial charge in [-0.3, -0.25) is 14.4 Å². The first-order chi connectivity index (χ1) is 19.6. The first kappa shape index (κ1) is 31.7. The van der Waals surface area contributed by atoms with Gasteiger partial charge in [-0.05, 0) is 43.0 Å². The van der Waals surface area contributed by atoms with Gasteiger partial charge >= 0.3 is 0 Å². The lowest BCUT2D eigenvalue weighted by molar-refractivity contribution is -0.148. The molecule has 8 nitrogen and oxygen atoms in total. The van der Waals surface area contributed by atoms with Gasteiger partial charge in [-0.25, -0.2) is 0 Å². The standard InChI is InChI=1S/C31H41BrClN3O5/c1-6-14-34(15-7-2)28(38)24-25-29(39)36(23(18-37)19(5)9-4)27(31(25)17-22(32)26(24)41-31)30(40)35(16-8-3)21-12-10-20(33)11-13-21/h6,8,10-13,19,22-27,37H,1,3,7,9,14-18H2,2,4-5H3/t19-,22?,23-,24+,25-,26+,27?,31?/m0/s1. The highest BCUT2D eigenvalue weighted by Gasteiger charge is 2.77. The van der Waals surface area contributed by atoms with Crippen LogP contribution in [0.15, 0.2) is 49.6 Å². The molecule has 1 aromatic rings. The summed E-state index contributed by atoms with van der Waals surface area (Å²) in [6.07, 6.45) is 4.59. The van der Waals surface area contributed by atoms with E-state index in [2.05, 4.69) is 29.1 Å². The van der Waals surface area contributed by atoms with Crippen molar-refractivity contribution in [3.8, 4) is 0 Å². The highest BCUT2D eigenvalue weighted by Crippen LogP contribution is 2.61. The van der Waals surface area contributed by atoms with Crippen molar-refractivity contribution in [3.63, 3.8) is 0 Å². The van der Waals surface area contributed by atoms with Crippen LogP contribution in [0.4, 0.5) is 5.69 Å². The number of likely N-dealkylation sites (tertiary alicyclic amines) is 1. The van der Waals surface area contributed by atoms with Gasteiger partial charge in [0.1, 0.15) is 11.6 Å². The van der Waals surface area contributed by atoms with Gasteiger partial charge < -0.3 is 24.5 Å². The van der Waals surface area contributed by atoms with Crippen LogP contribution >= 0.6 is 27.5 Å². The number of alkyl halides is 1. The molecule has 3 saturated heterocycles. The van der Waals surface area contributed by atoms with E-state index in [1.807, 2.05) is 20.8 Å². The third-order valence-electron chi connectivity index (χ3n) is 8.96. The second-order valence-electron chi connectivity index (χ2n) is 11.3. The van der Waals surface area contributed by atoms with Crippen LogP contribution < -0.4 is 4.90 Å². The summed E-state index contributed by atoms with van der Waals surface area (Å²) in [4.78, 5) is 48.0. The SMILES string of the molecule is C=CCN(CCC)C(=O)[C@H]1[C@@H]2OC3(CC2Br)C(C(=O)N(CC=C)c2ccc(Cl)cc2)N([C@@H](CO)[C@@H](C)CC)C(=O)[C@H]13. The normalized spacial score (nSPS) is 29.7. The Kier molecular flexibility index (Phi) is 10.0. The molecule has 1 aromatic carbocycles. The number of hydrogen-bond acceptors (Lipinski definition) is 5. The van der Waals surface area contributed by atoms with Gasteiger partial charge in [-0.2, -0.15) is 0 Å². The molecule has 4 rings (SSSR count). The van der Waals surface area contributed by atoms with Crippen molar-refractivity contribution in [1.29, 1.82) is 0 Å². The van der Waals surface area contributed by atoms with Crippen molar-refractivity contribution in [2.75, 3.05) is 31.1 Å². The maximum Gasteiger partial charge on any atom is 0.253 e. The van der Waals surface area contributed by atoms with Crippen molar-refractivity contribution >= 4 is 50.9 Å². The Balaban J connectivity index is 1.86. The van der Waals surface area contributed by atoms with E-state index >= 15 is 0 Å². The van der Waals surface area contributed by atoms with Crippen LogP contribution in [0.2, 0.25) is 5.02 Å². The first-order valence-electron chi connectivity index (χ1n) is 14.4. The minimum atomic E-state index is -1.23. The molecule has 10 heteroatoms. The number of hydrogen-bond donors (Lipinski definition) is 1. The number of nitrogens with zero attached hydrogens (tertiary/aromatic N) is 3. The minimum Gasteiger partial charge on any atom is -0.394 e. The lowest BCUT2D eigenvalue weighted by Crippen LogP contribution is -2.60. The van der Waals surface area contributed by atoms with Crippen LogP contribution in [-0.4, -0.2) is 87.5 Å². The number of aliphatic hydroxyl groups excluding tert-OH is 1. The maximum atomic E-state index is 14.7. The number of amides is 3. The van der Waals surface area contributed by atoms with Gasteiger partial charge in [0.2, 0.25) is 11.8 Å². The van der Waals surface area contributed by atoms with Crippen molar-refractivity contribution in [1.82, 2.24) is 9.80 Å². The van der Waals surface area contributed by atoms with Crippen LogP contribution in [0.1, 0.15) is 40.0 Å². The van der Waals surface area contributed by atoms with E-state index in [4.69, 9.17) is 16.3 Å². The van der Waals surface area contributed by atoms with Gasteiger partial charge in [0, 0.05) is 35.2 Å². The van der Waals surface area contributed by atoms with Crippen LogP contribution in [0.25, 0.3) is 0 Å². The Hall–Kier alpha value is -2.20. The zero-order chi connectivity index (χ0) is 30.1. The summed E-state index contributed by atoms with van der Waals surface area (Å²) in [6.45, 7) is 14.4. The summed E-state index contributed by atoms with van der Waals surface area (Å²) in [7, 11) is 0. The number of ether oxygens (including phenoxy) is 1. The van der Waals surface area contributed by atoms with E-state index in [9.17, 15) is 19.5 Å². The average molecular weight is 651 g/mol. The molecule has 3 fully saturated rings. The van der Waals surface area contributed by atoms with Gasteiger partial charge in [-0.15, -0.1) is 13.2 Å². The number of rotatable bonds is 13. The van der Waals surface area contributed by atoms with Crippen molar-refractivity contribution in [3.05, 3.63) is 54.6 Å². The zero-order valence-electron chi connectivity index (χ0n) is 24.0. The predicted molar refractivity (Wildman–Crippen MR) is 164 cm³/mol. The van der Waals surface area contributed by atoms with E-state index in [-0.39, 0.29) is 41.6 Å². The minimum absolute atomic E-state index is 0.0960. The number of carbonyl (C=O) groups excluding carboxylic acids is 3. The van der Waals surface area contributed by atoms with Crippen LogP contribution in [-0.2, 0) is 19.1 Å². The van der Waals surface area contributed by atoms with E-state index in [0.717, 1.165) is 6.42 Å². The summed E-state index contributed by atoms with van der Waals surface area (Å²) < 4.78 is 6.70. The molecule has 3 unspecified atom stereocenters. The van der Waals surface area contributed by atoms with Gasteiger partial charge in [0.25, 0.3) is 5.91 Å². The van der Waals surface area contributed by atoms with E-state index in [0.29, 0.717) is 36.6 Å². The summed E-state index contributed by atoms with van der Waals surface area (Å²) in [5.41, 5.74) is -0.627. The van der Waals surface area contributed by atoms with Gasteiger partial charge in [-0.1, -0.05) is 66.9 Å². The monoisotopic (exact) mass is 649 g/mol. The predicted octanol–water partition coefficient (Wildman–Crippen LogP) is 4.44. The molecule has 224 valence electrons. The molecular weight excluding hydrogens is 610 g/mol. The Bertz CT molecular complexity index is 1160. The van der Waals surface area contributed by atoms with Gasteiger partial charge in [0.15, 0.2) is 0 Å². The summed E-state index contributed by atoms with van der Waals surface area (Å²) >= 11 is 9.88. The molecule has 3 aliphatic heterocycles. The molecule has 1 N–H and O–H groups in total. The molecule has 1 spiro atoms. The molecule has 0 aliphatic carbocycles. The maximum absolute atomic E-state index is 14.7. The van der Waals surface area contributed by atoms with E-state index in [1.165, 1.54) is 0 Å². The average Bonchev–Trinajstić information content (AvgIpc) is 3.55. The third-order valence-corrected chi connectivity index (χ3v) is 10.1. The van der Waals surface area contributed by atoms with E-state index < -0.39 is 35.6 Å². The fraction of sp³-hybridized carbons (Fsp3) is 0.581. The molecular formula is C31H41BrClN3O5. The molecule has 3 aliphatic rings. The Morgan fingerprint density at radius 3 is 2.44 bits per heavy atom. The number of halogens is 2. The summed E-state index contributed by atoms with van der Waals surface area (Å²) in [5.74, 6) is -2.52. The molecule has 2 bridgehead atoms. The van der Waals surface area contributed by atoms with Crippen LogP contribution in [0.5, 0.6) is 0 Å². The van der Waals surface area contributed by atoms with E-state index in [1.54, 1.807) is 51.1 Å². The molecule has 0 aromatic heterocycles. The molecule has 3 heterocycles. The topological polar surface area (TPSA) is 90.4 Å². The molecule has 3 amide bonds. The largest absolute Gasteiger partial charge is 0.394 e. The number of carbonyl (C=O) groups is 3. The number of fused-ring (bicyclic) bond motifs is 1. The van der Waals surface area contributed by atoms with Crippen LogP contribution in [0.3, 0.4) is 0 Å². The summed E-state index contributed by atoms with van der Waals surface area (Å²) in [6, 6.07) is 5.26. The van der Waals surface area contributed by atoms with Crippen LogP contribution in [0, 0.1) is 17.8 Å². The fourth-order valence-electron chi connectivity index (χ4n) is 6.95. The van der Waals surface area contributed by atoms with Crippen molar-refractivity contribution < 1.29 is 24.2 Å². The lowest BCUT2D eigenvalue weighted by atomic mass is 9.70. The third kappa shape index (κ3) is 5.39. The molecule has 41 heavy (non-hydrogen) atoms. The number of anilines is 1. The highest BCUT2D eigenvalue weighted by atomic mass is 79.9. The molecule has 0 radical (unpaired) electrons.